The smallest absolute Gasteiger partial charge is 0.127 e. The van der Waals surface area contributed by atoms with Crippen LogP contribution in [0.25, 0.3) is 20.5 Å². The zero-order valence-electron chi connectivity index (χ0n) is 11.0. The van der Waals surface area contributed by atoms with Crippen LogP contribution in [0.15, 0.2) is 45.3 Å². The van der Waals surface area contributed by atoms with E-state index >= 15 is 0 Å². The summed E-state index contributed by atoms with van der Waals surface area (Å²) in [6.07, 6.45) is 0. The number of halogens is 2. The van der Waals surface area contributed by atoms with Gasteiger partial charge in [-0.05, 0) is 58.2 Å². The molecular formula is C16H12Br2OS. The Bertz CT molecular complexity index is 793. The molecule has 3 rings (SSSR count). The van der Waals surface area contributed by atoms with E-state index in [1.54, 1.807) is 18.4 Å². The standard InChI is InChI=1S/C16H12Br2OS/c1-9-3-4-10(7-13(9)18)15-8-11-14(19-2)6-5-12(17)16(11)20-15/h3-8H,1-2H3. The Kier molecular flexibility index (Phi) is 3.89. The summed E-state index contributed by atoms with van der Waals surface area (Å²) < 4.78 is 8.91. The quantitative estimate of drug-likeness (QED) is 0.473. The van der Waals surface area contributed by atoms with Gasteiger partial charge < -0.3 is 4.74 Å². The third kappa shape index (κ3) is 2.41. The molecule has 0 atom stereocenters. The summed E-state index contributed by atoms with van der Waals surface area (Å²) in [7, 11) is 1.71. The van der Waals surface area contributed by atoms with Gasteiger partial charge >= 0.3 is 0 Å². The van der Waals surface area contributed by atoms with Gasteiger partial charge in [-0.15, -0.1) is 11.3 Å². The Morgan fingerprint density at radius 3 is 2.50 bits per heavy atom. The monoisotopic (exact) mass is 410 g/mol. The molecule has 0 N–H and O–H groups in total. The number of hydrogen-bond donors (Lipinski definition) is 0. The molecule has 0 saturated carbocycles. The number of rotatable bonds is 2. The molecule has 0 spiro atoms. The summed E-state index contributed by atoms with van der Waals surface area (Å²) in [5.41, 5.74) is 2.46. The minimum absolute atomic E-state index is 0.914. The van der Waals surface area contributed by atoms with Crippen molar-refractivity contribution in [1.29, 1.82) is 0 Å². The highest BCUT2D eigenvalue weighted by atomic mass is 79.9. The van der Waals surface area contributed by atoms with Gasteiger partial charge in [0.15, 0.2) is 0 Å². The first-order chi connectivity index (χ1) is 9.60. The van der Waals surface area contributed by atoms with Gasteiger partial charge in [0.1, 0.15) is 5.75 Å². The molecule has 102 valence electrons. The van der Waals surface area contributed by atoms with Crippen molar-refractivity contribution in [3.05, 3.63) is 50.9 Å². The maximum absolute atomic E-state index is 5.45. The van der Waals surface area contributed by atoms with Crippen LogP contribution in [0.3, 0.4) is 0 Å². The van der Waals surface area contributed by atoms with E-state index in [0.717, 1.165) is 20.1 Å². The fourth-order valence-electron chi connectivity index (χ4n) is 2.13. The first-order valence-electron chi connectivity index (χ1n) is 6.12. The minimum atomic E-state index is 0.914. The van der Waals surface area contributed by atoms with E-state index in [2.05, 4.69) is 63.0 Å². The van der Waals surface area contributed by atoms with Crippen LogP contribution in [0.4, 0.5) is 0 Å². The first-order valence-corrected chi connectivity index (χ1v) is 8.53. The summed E-state index contributed by atoms with van der Waals surface area (Å²) in [6, 6.07) is 12.7. The van der Waals surface area contributed by atoms with Crippen LogP contribution in [0, 0.1) is 6.92 Å². The molecule has 0 unspecified atom stereocenters. The van der Waals surface area contributed by atoms with Crippen molar-refractivity contribution in [2.75, 3.05) is 7.11 Å². The van der Waals surface area contributed by atoms with Crippen molar-refractivity contribution in [2.24, 2.45) is 0 Å². The van der Waals surface area contributed by atoms with Crippen LogP contribution in [0.5, 0.6) is 5.75 Å². The van der Waals surface area contributed by atoms with Crippen LogP contribution in [-0.4, -0.2) is 7.11 Å². The zero-order valence-corrected chi connectivity index (χ0v) is 15.0. The molecule has 0 aliphatic heterocycles. The fourth-order valence-corrected chi connectivity index (χ4v) is 4.18. The fraction of sp³-hybridized carbons (Fsp3) is 0.125. The average molecular weight is 412 g/mol. The highest BCUT2D eigenvalue weighted by Crippen LogP contribution is 2.42. The van der Waals surface area contributed by atoms with E-state index in [9.17, 15) is 0 Å². The molecular weight excluding hydrogens is 400 g/mol. The molecule has 4 heteroatoms. The lowest BCUT2D eigenvalue weighted by Gasteiger charge is -2.01. The SMILES string of the molecule is COc1ccc(Br)c2sc(-c3ccc(C)c(Br)c3)cc12. The topological polar surface area (TPSA) is 9.23 Å². The van der Waals surface area contributed by atoms with E-state index in [4.69, 9.17) is 4.74 Å². The molecule has 0 aliphatic rings. The van der Waals surface area contributed by atoms with Crippen molar-refractivity contribution < 1.29 is 4.74 Å². The van der Waals surface area contributed by atoms with Crippen molar-refractivity contribution in [3.63, 3.8) is 0 Å². The molecule has 1 nitrogen and oxygen atoms in total. The number of fused-ring (bicyclic) bond motifs is 1. The van der Waals surface area contributed by atoms with Gasteiger partial charge in [0.25, 0.3) is 0 Å². The number of methoxy groups -OCH3 is 1. The molecule has 0 bridgehead atoms. The van der Waals surface area contributed by atoms with Crippen molar-refractivity contribution >= 4 is 53.3 Å². The number of ether oxygens (including phenoxy) is 1. The van der Waals surface area contributed by atoms with Gasteiger partial charge in [-0.25, -0.2) is 0 Å². The van der Waals surface area contributed by atoms with Crippen LogP contribution in [0.1, 0.15) is 5.56 Å². The largest absolute Gasteiger partial charge is 0.496 e. The average Bonchev–Trinajstić information content (AvgIpc) is 2.88. The Hall–Kier alpha value is -0.840. The van der Waals surface area contributed by atoms with Crippen molar-refractivity contribution in [1.82, 2.24) is 0 Å². The van der Waals surface area contributed by atoms with Crippen LogP contribution >= 0.6 is 43.2 Å². The predicted molar refractivity (Wildman–Crippen MR) is 94.0 cm³/mol. The summed E-state index contributed by atoms with van der Waals surface area (Å²) in [6.45, 7) is 2.10. The minimum Gasteiger partial charge on any atom is -0.496 e. The van der Waals surface area contributed by atoms with E-state index < -0.39 is 0 Å². The van der Waals surface area contributed by atoms with Gasteiger partial charge in [-0.2, -0.15) is 0 Å². The first kappa shape index (κ1) is 14.1. The maximum Gasteiger partial charge on any atom is 0.127 e. The van der Waals surface area contributed by atoms with Gasteiger partial charge in [-0.3, -0.25) is 0 Å². The normalized spacial score (nSPS) is 11.0. The van der Waals surface area contributed by atoms with E-state index in [1.807, 2.05) is 12.1 Å². The van der Waals surface area contributed by atoms with Crippen LogP contribution < -0.4 is 4.74 Å². The second-order valence-corrected chi connectivity index (χ2v) is 7.33. The maximum atomic E-state index is 5.45. The lowest BCUT2D eigenvalue weighted by atomic mass is 10.1. The molecule has 0 amide bonds. The molecule has 2 aromatic carbocycles. The van der Waals surface area contributed by atoms with E-state index in [1.165, 1.54) is 20.7 Å². The Balaban J connectivity index is 2.22. The lowest BCUT2D eigenvalue weighted by Crippen LogP contribution is -1.82. The summed E-state index contributed by atoms with van der Waals surface area (Å²) in [5.74, 6) is 0.914. The number of benzene rings is 2. The third-order valence-electron chi connectivity index (χ3n) is 3.27. The number of aryl methyl sites for hydroxylation is 1. The molecule has 0 radical (unpaired) electrons. The molecule has 0 saturated heterocycles. The molecule has 20 heavy (non-hydrogen) atoms. The van der Waals surface area contributed by atoms with Crippen molar-refractivity contribution in [3.8, 4) is 16.2 Å². The summed E-state index contributed by atoms with van der Waals surface area (Å²) in [4.78, 5) is 1.24. The number of thiophene rings is 1. The summed E-state index contributed by atoms with van der Waals surface area (Å²) in [5, 5.41) is 1.15. The van der Waals surface area contributed by atoms with Gasteiger partial charge in [0.05, 0.1) is 11.8 Å². The number of hydrogen-bond acceptors (Lipinski definition) is 2. The molecule has 3 aromatic rings. The van der Waals surface area contributed by atoms with Gasteiger partial charge in [0.2, 0.25) is 0 Å². The van der Waals surface area contributed by atoms with E-state index in [-0.39, 0.29) is 0 Å². The predicted octanol–water partition coefficient (Wildman–Crippen LogP) is 6.41. The molecule has 0 fully saturated rings. The van der Waals surface area contributed by atoms with E-state index in [0.29, 0.717) is 0 Å². The highest BCUT2D eigenvalue weighted by Gasteiger charge is 2.11. The second-order valence-electron chi connectivity index (χ2n) is 4.57. The summed E-state index contributed by atoms with van der Waals surface area (Å²) >= 11 is 8.99. The lowest BCUT2D eigenvalue weighted by molar-refractivity contribution is 0.420. The van der Waals surface area contributed by atoms with Crippen LogP contribution in [0.2, 0.25) is 0 Å². The zero-order chi connectivity index (χ0) is 14.3. The molecule has 1 aromatic heterocycles. The Morgan fingerprint density at radius 2 is 1.80 bits per heavy atom. The molecule has 0 aliphatic carbocycles. The molecule has 1 heterocycles. The van der Waals surface area contributed by atoms with Crippen LogP contribution in [-0.2, 0) is 0 Å². The van der Waals surface area contributed by atoms with Gasteiger partial charge in [-0.1, -0.05) is 28.1 Å². The Morgan fingerprint density at radius 1 is 1.00 bits per heavy atom. The second kappa shape index (κ2) is 5.51. The van der Waals surface area contributed by atoms with Crippen molar-refractivity contribution in [2.45, 2.75) is 6.92 Å². The Labute approximate surface area is 138 Å². The van der Waals surface area contributed by atoms with Gasteiger partial charge in [0, 0.05) is 19.2 Å². The highest BCUT2D eigenvalue weighted by molar-refractivity contribution is 9.11. The third-order valence-corrected chi connectivity index (χ3v) is 6.27.